The maximum absolute atomic E-state index is 5.92. The van der Waals surface area contributed by atoms with Crippen molar-refractivity contribution in [2.45, 2.75) is 45.2 Å². The molecule has 0 aromatic heterocycles. The molecule has 0 aliphatic rings. The summed E-state index contributed by atoms with van der Waals surface area (Å²) in [4.78, 5) is 0. The lowest BCUT2D eigenvalue weighted by atomic mass is 9.90. The Labute approximate surface area is 81.5 Å². The molecule has 0 amide bonds. The van der Waals surface area contributed by atoms with Crippen molar-refractivity contribution < 1.29 is 0 Å². The Morgan fingerprint density at radius 2 is 1.92 bits per heavy atom. The summed E-state index contributed by atoms with van der Waals surface area (Å²) in [5, 5.41) is 0. The Bertz CT molecular complexity index is 107. The first-order valence-electron chi connectivity index (χ1n) is 4.73. The van der Waals surface area contributed by atoms with Crippen molar-refractivity contribution in [3.8, 4) is 0 Å². The highest BCUT2D eigenvalue weighted by Crippen LogP contribution is 2.16. The molecule has 0 bridgehead atoms. The van der Waals surface area contributed by atoms with E-state index in [1.165, 1.54) is 12.8 Å². The molecule has 0 aromatic rings. The van der Waals surface area contributed by atoms with Crippen LogP contribution in [-0.4, -0.2) is 17.8 Å². The topological polar surface area (TPSA) is 52.0 Å². The van der Waals surface area contributed by atoms with Gasteiger partial charge >= 0.3 is 0 Å². The second-order valence-corrected chi connectivity index (χ2v) is 3.97. The number of rotatable bonds is 6. The number of hydrogen-bond donors (Lipinski definition) is 3. The average molecular weight is 190 g/mol. The zero-order valence-electron chi connectivity index (χ0n) is 8.16. The highest BCUT2D eigenvalue weighted by molar-refractivity contribution is 7.80. The maximum Gasteiger partial charge on any atom is 0.0157 e. The van der Waals surface area contributed by atoms with Gasteiger partial charge in [-0.15, -0.1) is 0 Å². The molecular weight excluding hydrogens is 168 g/mol. The van der Waals surface area contributed by atoms with Crippen LogP contribution in [-0.2, 0) is 0 Å². The van der Waals surface area contributed by atoms with Gasteiger partial charge < -0.3 is 11.5 Å². The van der Waals surface area contributed by atoms with Crippen molar-refractivity contribution >= 4 is 12.6 Å². The first kappa shape index (κ1) is 12.3. The Balaban J connectivity index is 3.84. The third kappa shape index (κ3) is 5.01. The summed E-state index contributed by atoms with van der Waals surface area (Å²) in [7, 11) is 0. The molecule has 0 heterocycles. The molecule has 3 unspecified atom stereocenters. The summed E-state index contributed by atoms with van der Waals surface area (Å²) in [6.45, 7) is 4.22. The first-order chi connectivity index (χ1) is 5.61. The SMILES string of the molecule is CCCC(CC(C)N)C(N)CS. The molecule has 0 radical (unpaired) electrons. The van der Waals surface area contributed by atoms with Crippen LogP contribution in [0.5, 0.6) is 0 Å². The van der Waals surface area contributed by atoms with Crippen molar-refractivity contribution in [2.24, 2.45) is 17.4 Å². The molecule has 0 spiro atoms. The summed E-state index contributed by atoms with van der Waals surface area (Å²) in [6, 6.07) is 0.465. The zero-order chi connectivity index (χ0) is 9.56. The highest BCUT2D eigenvalue weighted by atomic mass is 32.1. The highest BCUT2D eigenvalue weighted by Gasteiger charge is 2.16. The van der Waals surface area contributed by atoms with Crippen LogP contribution in [0.4, 0.5) is 0 Å². The summed E-state index contributed by atoms with van der Waals surface area (Å²) in [5.74, 6) is 1.31. The van der Waals surface area contributed by atoms with Gasteiger partial charge in [-0.25, -0.2) is 0 Å². The van der Waals surface area contributed by atoms with Crippen LogP contribution in [0, 0.1) is 5.92 Å². The quantitative estimate of drug-likeness (QED) is 0.555. The van der Waals surface area contributed by atoms with Gasteiger partial charge in [-0.1, -0.05) is 13.3 Å². The largest absolute Gasteiger partial charge is 0.328 e. The minimum atomic E-state index is 0.208. The molecule has 0 fully saturated rings. The smallest absolute Gasteiger partial charge is 0.0157 e. The van der Waals surface area contributed by atoms with E-state index in [-0.39, 0.29) is 12.1 Å². The second-order valence-electron chi connectivity index (χ2n) is 3.61. The van der Waals surface area contributed by atoms with Crippen molar-refractivity contribution in [3.05, 3.63) is 0 Å². The molecule has 0 saturated heterocycles. The van der Waals surface area contributed by atoms with Crippen molar-refractivity contribution in [1.29, 1.82) is 0 Å². The van der Waals surface area contributed by atoms with Gasteiger partial charge in [0.05, 0.1) is 0 Å². The standard InChI is InChI=1S/C9H22N2S/c1-3-4-8(5-7(2)10)9(11)6-12/h7-9,12H,3-6,10-11H2,1-2H3. The van der Waals surface area contributed by atoms with Crippen molar-refractivity contribution in [1.82, 2.24) is 0 Å². The average Bonchev–Trinajstić information content (AvgIpc) is 2.01. The lowest BCUT2D eigenvalue weighted by Gasteiger charge is -2.23. The van der Waals surface area contributed by atoms with E-state index >= 15 is 0 Å². The Morgan fingerprint density at radius 1 is 1.33 bits per heavy atom. The van der Waals surface area contributed by atoms with Crippen LogP contribution in [0.3, 0.4) is 0 Å². The lowest BCUT2D eigenvalue weighted by molar-refractivity contribution is 0.364. The molecule has 12 heavy (non-hydrogen) atoms. The molecule has 4 N–H and O–H groups in total. The second kappa shape index (κ2) is 6.75. The monoisotopic (exact) mass is 190 g/mol. The predicted octanol–water partition coefficient (Wildman–Crippen LogP) is 1.40. The van der Waals surface area contributed by atoms with Gasteiger partial charge in [0.1, 0.15) is 0 Å². The number of nitrogens with two attached hydrogens (primary N) is 2. The fraction of sp³-hybridized carbons (Fsp3) is 1.00. The minimum absolute atomic E-state index is 0.208. The van der Waals surface area contributed by atoms with Gasteiger partial charge in [0.25, 0.3) is 0 Å². The van der Waals surface area contributed by atoms with Crippen LogP contribution in [0.1, 0.15) is 33.1 Å². The normalized spacial score (nSPS) is 18.8. The predicted molar refractivity (Wildman–Crippen MR) is 58.5 cm³/mol. The van der Waals surface area contributed by atoms with Gasteiger partial charge in [-0.2, -0.15) is 12.6 Å². The third-order valence-corrected chi connectivity index (χ3v) is 2.57. The molecule has 0 aliphatic carbocycles. The number of thiol groups is 1. The molecule has 3 heteroatoms. The van der Waals surface area contributed by atoms with E-state index in [0.29, 0.717) is 5.92 Å². The molecule has 74 valence electrons. The molecule has 3 atom stereocenters. The summed E-state index contributed by atoms with van der Waals surface area (Å²) in [5.41, 5.74) is 11.7. The van der Waals surface area contributed by atoms with Crippen LogP contribution < -0.4 is 11.5 Å². The van der Waals surface area contributed by atoms with E-state index in [4.69, 9.17) is 11.5 Å². The Morgan fingerprint density at radius 3 is 2.25 bits per heavy atom. The number of hydrogen-bond acceptors (Lipinski definition) is 3. The van der Waals surface area contributed by atoms with Gasteiger partial charge in [-0.3, -0.25) is 0 Å². The van der Waals surface area contributed by atoms with Crippen molar-refractivity contribution in [3.63, 3.8) is 0 Å². The lowest BCUT2D eigenvalue weighted by Crippen LogP contribution is -2.35. The zero-order valence-corrected chi connectivity index (χ0v) is 9.06. The Kier molecular flexibility index (Phi) is 6.90. The van der Waals surface area contributed by atoms with Crippen LogP contribution in [0.2, 0.25) is 0 Å². The van der Waals surface area contributed by atoms with Crippen LogP contribution in [0.15, 0.2) is 0 Å². The van der Waals surface area contributed by atoms with Crippen LogP contribution >= 0.6 is 12.6 Å². The van der Waals surface area contributed by atoms with Crippen molar-refractivity contribution in [2.75, 3.05) is 5.75 Å². The van der Waals surface area contributed by atoms with E-state index < -0.39 is 0 Å². The molecular formula is C9H22N2S. The minimum Gasteiger partial charge on any atom is -0.328 e. The summed E-state index contributed by atoms with van der Waals surface area (Å²) >= 11 is 4.20. The van der Waals surface area contributed by atoms with E-state index in [1.54, 1.807) is 0 Å². The van der Waals surface area contributed by atoms with E-state index in [2.05, 4.69) is 19.6 Å². The fourth-order valence-corrected chi connectivity index (χ4v) is 1.80. The van der Waals surface area contributed by atoms with Crippen LogP contribution in [0.25, 0.3) is 0 Å². The summed E-state index contributed by atoms with van der Waals surface area (Å²) in [6.07, 6.45) is 3.37. The maximum atomic E-state index is 5.92. The van der Waals surface area contributed by atoms with E-state index in [0.717, 1.165) is 12.2 Å². The van der Waals surface area contributed by atoms with Gasteiger partial charge in [0.2, 0.25) is 0 Å². The summed E-state index contributed by atoms with van der Waals surface area (Å²) < 4.78 is 0. The molecule has 0 aliphatic heterocycles. The molecule has 0 saturated carbocycles. The van der Waals surface area contributed by atoms with E-state index in [1.807, 2.05) is 6.92 Å². The van der Waals surface area contributed by atoms with E-state index in [9.17, 15) is 0 Å². The fourth-order valence-electron chi connectivity index (χ4n) is 1.50. The Hall–Kier alpha value is 0.270. The first-order valence-corrected chi connectivity index (χ1v) is 5.37. The van der Waals surface area contributed by atoms with Gasteiger partial charge in [-0.05, 0) is 25.7 Å². The molecule has 0 aromatic carbocycles. The molecule has 0 rings (SSSR count). The molecule has 2 nitrogen and oxygen atoms in total. The third-order valence-electron chi connectivity index (χ3n) is 2.15. The van der Waals surface area contributed by atoms with Gasteiger partial charge in [0.15, 0.2) is 0 Å². The van der Waals surface area contributed by atoms with Gasteiger partial charge in [0, 0.05) is 17.8 Å².